The summed E-state index contributed by atoms with van der Waals surface area (Å²) in [4.78, 5) is 67.5. The maximum atomic E-state index is 16.8. The molecule has 0 saturated heterocycles. The van der Waals surface area contributed by atoms with Crippen LogP contribution in [0.5, 0.6) is 0 Å². The topological polar surface area (TPSA) is 307 Å². The second-order valence-corrected chi connectivity index (χ2v) is 65.4. The zero-order chi connectivity index (χ0) is 91.4. The van der Waals surface area contributed by atoms with Gasteiger partial charge in [-0.25, -0.2) is 53.8 Å². The van der Waals surface area contributed by atoms with E-state index in [4.69, 9.17) is 33.4 Å². The largest absolute Gasteiger partial charge is 0.460 e. The third kappa shape index (κ3) is 22.3. The number of hydrogen-bond donors (Lipinski definition) is 1. The lowest BCUT2D eigenvalue weighted by molar-refractivity contribution is -0.154. The number of benzene rings is 1. The first kappa shape index (κ1) is 104. The van der Waals surface area contributed by atoms with E-state index in [2.05, 4.69) is 138 Å². The number of ether oxygens (including phenoxy) is 3. The lowest BCUT2D eigenvalue weighted by Gasteiger charge is -2.45. The number of hydrogen-bond acceptors (Lipinski definition) is 22. The molecule has 8 rings (SSSR count). The van der Waals surface area contributed by atoms with Crippen LogP contribution >= 0.6 is 47.8 Å². The van der Waals surface area contributed by atoms with E-state index in [1.54, 1.807) is 128 Å². The SMILES string of the molecule is CC[Si](CC)(CC)c1cc(Br)nc([C@@]2(C)N=C(CC(=O)OC(C)(C)C)C(C)(C)[S@@]3(=O)=NCC[C@@H]23)c1F.CC[Si](CC)(CC)c1cc(Br)nc([C@]2(C)C[S@](=O)(=NCCO)C(C)(C)C(CC(=O)OC(C)(C)C)=N2)c1F.CC[Si](CC)(CC)c1cc(Br)nc([C@]2(C)C[S@](=O)(=NCCOS(=O)(=O)c3ccc(C)cc3)C(C)(C)C(CC(=O)OC(C)(C)C)=N2)c1F. The molecule has 7 atom stereocenters. The Labute approximate surface area is 743 Å². The summed E-state index contributed by atoms with van der Waals surface area (Å²) in [5.74, 6) is -3.03. The molecule has 4 aromatic rings. The number of rotatable bonds is 28. The van der Waals surface area contributed by atoms with Crippen LogP contribution in [0.2, 0.25) is 54.4 Å². The normalized spacial score (nSPS) is 24.2. The second kappa shape index (κ2) is 39.1. The fraction of sp³-hybridized carbons (Fsp3) is 0.682. The van der Waals surface area contributed by atoms with Crippen molar-refractivity contribution in [3.8, 4) is 0 Å². The number of carbonyl (C=O) groups is 3. The first-order chi connectivity index (χ1) is 55.0. The lowest BCUT2D eigenvalue weighted by atomic mass is 9.88. The Morgan fingerprint density at radius 3 is 1.16 bits per heavy atom. The van der Waals surface area contributed by atoms with Crippen LogP contribution in [0, 0.1) is 24.4 Å². The fourth-order valence-corrected chi connectivity index (χ4v) is 39.1. The lowest BCUT2D eigenvalue weighted by Crippen LogP contribution is -2.57. The van der Waals surface area contributed by atoms with Crippen molar-refractivity contribution in [2.75, 3.05) is 44.4 Å². The minimum absolute atomic E-state index is 0.00232. The van der Waals surface area contributed by atoms with Gasteiger partial charge in [-0.15, -0.1) is 0 Å². The molecule has 0 amide bonds. The van der Waals surface area contributed by atoms with Crippen LogP contribution in [0.25, 0.3) is 0 Å². The molecule has 4 aliphatic rings. The highest BCUT2D eigenvalue weighted by Gasteiger charge is 2.60. The van der Waals surface area contributed by atoms with Crippen molar-refractivity contribution in [2.45, 2.75) is 332 Å². The van der Waals surface area contributed by atoms with Crippen LogP contribution in [-0.2, 0) is 88.7 Å². The summed E-state index contributed by atoms with van der Waals surface area (Å²) in [6, 6.07) is 19.5. The van der Waals surface area contributed by atoms with Gasteiger partial charge in [0.2, 0.25) is 0 Å². The van der Waals surface area contributed by atoms with Crippen molar-refractivity contribution in [3.05, 3.63) is 96.4 Å². The minimum Gasteiger partial charge on any atom is -0.460 e. The van der Waals surface area contributed by atoms with Gasteiger partial charge < -0.3 is 19.3 Å². The molecule has 1 N–H and O–H groups in total. The van der Waals surface area contributed by atoms with Crippen molar-refractivity contribution >= 4 is 162 Å². The molecule has 120 heavy (non-hydrogen) atoms. The van der Waals surface area contributed by atoms with E-state index < -0.39 is 146 Å². The quantitative estimate of drug-likeness (QED) is 0.0138. The van der Waals surface area contributed by atoms with Crippen LogP contribution < -0.4 is 15.6 Å². The van der Waals surface area contributed by atoms with Crippen molar-refractivity contribution in [1.82, 2.24) is 15.0 Å². The molecule has 1 aromatic carbocycles. The third-order valence-electron chi connectivity index (χ3n) is 24.8. The molecule has 0 radical (unpaired) electrons. The molecule has 0 bridgehead atoms. The maximum absolute atomic E-state index is 16.8. The molecule has 35 heteroatoms. The van der Waals surface area contributed by atoms with E-state index in [0.29, 0.717) is 48.6 Å². The minimum atomic E-state index is -4.07. The summed E-state index contributed by atoms with van der Waals surface area (Å²) in [5, 5.41) is 11.0. The Morgan fingerprint density at radius 2 is 0.833 bits per heavy atom. The smallest absolute Gasteiger partial charge is 0.312 e. The van der Waals surface area contributed by atoms with Gasteiger partial charge in [0, 0.05) is 23.7 Å². The number of pyridine rings is 3. The Morgan fingerprint density at radius 1 is 0.517 bits per heavy atom. The summed E-state index contributed by atoms with van der Waals surface area (Å²) >= 11 is 10.5. The Balaban J connectivity index is 0.000000282. The van der Waals surface area contributed by atoms with E-state index in [-0.39, 0.29) is 90.6 Å². The summed E-state index contributed by atoms with van der Waals surface area (Å²) in [5.41, 5.74) is -3.91. The zero-order valence-corrected chi connectivity index (χ0v) is 87.1. The van der Waals surface area contributed by atoms with Crippen LogP contribution in [0.15, 0.2) is 89.2 Å². The highest BCUT2D eigenvalue weighted by atomic mass is 79.9. The Kier molecular flexibility index (Phi) is 34.0. The van der Waals surface area contributed by atoms with Gasteiger partial charge in [0.1, 0.15) is 81.8 Å². The van der Waals surface area contributed by atoms with E-state index in [9.17, 15) is 36.3 Å². The Bertz CT molecular complexity index is 5070. The average Bonchev–Trinajstić information content (AvgIpc) is 1.40. The molecule has 3 aromatic heterocycles. The molecular formula is C85H133Br3F3N9O13S4Si3. The molecule has 0 spiro atoms. The number of aliphatic imine (C=N–C) groups is 3. The molecule has 0 aliphatic carbocycles. The summed E-state index contributed by atoms with van der Waals surface area (Å²) < 4.78 is 153. The maximum Gasteiger partial charge on any atom is 0.312 e. The van der Waals surface area contributed by atoms with Gasteiger partial charge in [0.05, 0.1) is 135 Å². The van der Waals surface area contributed by atoms with Gasteiger partial charge in [0.25, 0.3) is 10.1 Å². The number of nitrogens with zero attached hydrogens (tertiary/aromatic N) is 9. The number of fused-ring (bicyclic) bond motifs is 1. The molecule has 0 saturated carbocycles. The molecule has 22 nitrogen and oxygen atoms in total. The van der Waals surface area contributed by atoms with Crippen LogP contribution in [0.3, 0.4) is 0 Å². The first-order valence-electron chi connectivity index (χ1n) is 41.8. The molecule has 7 heterocycles. The third-order valence-corrected chi connectivity index (χ3v) is 54.5. The Hall–Kier alpha value is -4.31. The standard InChI is InChI=1S/C33H49BrFN3O6S2Si.C26H43BrFN3O4SSi.C26H41BrFN3O3SSi/c1-11-47(12-2,13-3)25-20-27(34)37-30(29(25)35)33(10)22-45(40,32(8,9)26(38-33)21-28(39)44-31(5,6)7)36-18-19-43-46(41,42)24-16-14-23(4)15-17-24;1-10-37(11-2,12-3)18-15-20(27)30-23(22(18)28)26(9)17-36(34,29-13-14-32)25(7,8)19(31-26)16-21(33)35-24(4,5)6;1-10-36(11-2,12-3)17-15-20(27)30-23(22(17)28)26(9)19-13-14-29-35(19,33)25(7,8)18(31-26)16-21(32)34-24(4,5)6/h14-17,20H,11-13,18-19,21-22H2,1-10H3;15,32H,10-14,16-17H2,1-9H3;15,19H,10-14,16H2,1-9H3/t33-,45+;26-,36+;19-,26-,35+/m000/s1. The van der Waals surface area contributed by atoms with E-state index in [1.807, 2.05) is 33.8 Å². The zero-order valence-electron chi connectivity index (χ0n) is 76.0. The average molecular weight is 2000 g/mol. The molecule has 0 unspecified atom stereocenters. The van der Waals surface area contributed by atoms with Crippen molar-refractivity contribution in [3.63, 3.8) is 0 Å². The predicted octanol–water partition coefficient (Wildman–Crippen LogP) is 18.5. The highest BCUT2D eigenvalue weighted by molar-refractivity contribution is 9.11. The first-order valence-corrected chi connectivity index (χ1v) is 58.4. The van der Waals surface area contributed by atoms with Crippen LogP contribution in [0.4, 0.5) is 13.2 Å². The number of esters is 3. The number of carbonyl (C=O) groups excluding carboxylic acids is 3. The van der Waals surface area contributed by atoms with Gasteiger partial charge in [-0.3, -0.25) is 33.5 Å². The summed E-state index contributed by atoms with van der Waals surface area (Å²) in [6.45, 7) is 52.0. The monoisotopic (exact) mass is 1990 g/mol. The van der Waals surface area contributed by atoms with Crippen LogP contribution in [-0.4, -0.2) is 181 Å². The van der Waals surface area contributed by atoms with Gasteiger partial charge in [-0.2, -0.15) is 8.42 Å². The number of halogens is 6. The second-order valence-electron chi connectivity index (χ2n) is 37.0. The molecular weight excluding hydrogens is 1860 g/mol. The van der Waals surface area contributed by atoms with E-state index >= 15 is 17.4 Å². The summed E-state index contributed by atoms with van der Waals surface area (Å²) in [7, 11) is -19.9. The van der Waals surface area contributed by atoms with Gasteiger partial charge >= 0.3 is 17.9 Å². The van der Waals surface area contributed by atoms with Crippen molar-refractivity contribution in [1.29, 1.82) is 0 Å². The number of aryl methyl sites for hydroxylation is 1. The number of aliphatic hydroxyl groups is 1. The van der Waals surface area contributed by atoms with Crippen molar-refractivity contribution < 1.29 is 72.1 Å². The highest BCUT2D eigenvalue weighted by Crippen LogP contribution is 2.50. The van der Waals surface area contributed by atoms with E-state index in [1.165, 1.54) is 12.1 Å². The van der Waals surface area contributed by atoms with Crippen molar-refractivity contribution in [2.24, 2.45) is 28.1 Å². The summed E-state index contributed by atoms with van der Waals surface area (Å²) in [6.07, 6.45) is -0.0851. The van der Waals surface area contributed by atoms with E-state index in [0.717, 1.165) is 65.1 Å². The van der Waals surface area contributed by atoms with Gasteiger partial charge in [-0.1, -0.05) is 134 Å². The fourth-order valence-electron chi connectivity index (χ4n) is 16.9. The van der Waals surface area contributed by atoms with Crippen LogP contribution in [0.1, 0.15) is 235 Å². The number of aromatic nitrogens is 3. The van der Waals surface area contributed by atoms with Gasteiger partial charge in [0.15, 0.2) is 0 Å². The number of aliphatic hydroxyl groups excluding tert-OH is 1. The molecule has 0 fully saturated rings. The predicted molar refractivity (Wildman–Crippen MR) is 500 cm³/mol. The molecule has 674 valence electrons. The van der Waals surface area contributed by atoms with Gasteiger partial charge in [-0.05, 0) is 232 Å². The molecule has 4 aliphatic heterocycles.